The Balaban J connectivity index is 1.35. The van der Waals surface area contributed by atoms with Gasteiger partial charge in [0.05, 0.1) is 15.8 Å². The predicted molar refractivity (Wildman–Crippen MR) is 188 cm³/mol. The van der Waals surface area contributed by atoms with E-state index in [0.717, 1.165) is 21.2 Å². The van der Waals surface area contributed by atoms with Crippen molar-refractivity contribution in [1.82, 2.24) is 5.32 Å². The van der Waals surface area contributed by atoms with E-state index in [2.05, 4.69) is 16.0 Å². The van der Waals surface area contributed by atoms with Crippen LogP contribution in [-0.2, 0) is 9.59 Å². The van der Waals surface area contributed by atoms with Crippen LogP contribution in [0.1, 0.15) is 39.6 Å². The number of carbonyl (C=O) groups excluding carboxylic acids is 3. The molecule has 0 spiro atoms. The van der Waals surface area contributed by atoms with Gasteiger partial charge in [-0.3, -0.25) is 14.4 Å². The first-order chi connectivity index (χ1) is 22.7. The van der Waals surface area contributed by atoms with Crippen molar-refractivity contribution >= 4 is 75.3 Å². The lowest BCUT2D eigenvalue weighted by Crippen LogP contribution is -2.30. The van der Waals surface area contributed by atoms with Gasteiger partial charge in [-0.15, -0.1) is 11.8 Å². The summed E-state index contributed by atoms with van der Waals surface area (Å²) in [5.74, 6) is -2.45. The van der Waals surface area contributed by atoms with Crippen LogP contribution < -0.4 is 16.0 Å². The normalized spacial score (nSPS) is 11.8. The Labute approximate surface area is 280 Å². The fourth-order valence-electron chi connectivity index (χ4n) is 4.80. The molecule has 0 saturated heterocycles. The van der Waals surface area contributed by atoms with E-state index in [0.29, 0.717) is 23.4 Å². The number of benzene rings is 5. The minimum atomic E-state index is -1.19. The van der Waals surface area contributed by atoms with E-state index in [-0.39, 0.29) is 22.2 Å². The van der Waals surface area contributed by atoms with Crippen molar-refractivity contribution < 1.29 is 24.3 Å². The Hall–Kier alpha value is -5.38. The molecule has 47 heavy (non-hydrogen) atoms. The first kappa shape index (κ1) is 33.0. The van der Waals surface area contributed by atoms with Crippen LogP contribution >= 0.6 is 23.4 Å². The number of halogens is 1. The molecule has 0 aliphatic carbocycles. The zero-order valence-corrected chi connectivity index (χ0v) is 26.8. The standard InChI is InChI=1S/C37H30ClN3O5S/c1-2-33(36(44)40-27-18-19-31(38)30(22-27)37(45)46)47-28-16-9-15-26(21-28)39-35(43)32(41-34(42)24-11-4-3-5-12-24)20-25-14-8-13-23-10-6-7-17-29(23)25/h3-22,33H,2H2,1H3,(H,39,43)(H,40,44)(H,41,42)(H,45,46)/b32-20+. The Morgan fingerprint density at radius 3 is 2.28 bits per heavy atom. The number of carboxylic acid groups (broad SMARTS) is 1. The molecule has 8 nitrogen and oxygen atoms in total. The minimum Gasteiger partial charge on any atom is -0.478 e. The van der Waals surface area contributed by atoms with Gasteiger partial charge in [-0.2, -0.15) is 0 Å². The van der Waals surface area contributed by atoms with Gasteiger partial charge in [0, 0.05) is 21.8 Å². The van der Waals surface area contributed by atoms with Crippen LogP contribution in [0.2, 0.25) is 5.02 Å². The Bertz CT molecular complexity index is 1990. The number of thioether (sulfide) groups is 1. The van der Waals surface area contributed by atoms with Crippen LogP contribution in [0.4, 0.5) is 11.4 Å². The number of hydrogen-bond acceptors (Lipinski definition) is 5. The van der Waals surface area contributed by atoms with Gasteiger partial charge in [0.2, 0.25) is 5.91 Å². The molecule has 0 aliphatic rings. The number of nitrogens with one attached hydrogen (secondary N) is 3. The first-order valence-corrected chi connectivity index (χ1v) is 15.9. The fraction of sp³-hybridized carbons (Fsp3) is 0.0811. The van der Waals surface area contributed by atoms with Gasteiger partial charge in [-0.1, -0.05) is 85.3 Å². The van der Waals surface area contributed by atoms with E-state index < -0.39 is 23.0 Å². The van der Waals surface area contributed by atoms with Crippen molar-refractivity contribution in [2.75, 3.05) is 10.6 Å². The van der Waals surface area contributed by atoms with Crippen molar-refractivity contribution in [3.8, 4) is 0 Å². The molecule has 3 amide bonds. The van der Waals surface area contributed by atoms with Crippen molar-refractivity contribution in [1.29, 1.82) is 0 Å². The molecule has 5 rings (SSSR count). The molecule has 1 atom stereocenters. The molecule has 0 fully saturated rings. The van der Waals surface area contributed by atoms with E-state index in [1.807, 2.05) is 55.5 Å². The van der Waals surface area contributed by atoms with Crippen molar-refractivity contribution in [3.05, 3.63) is 143 Å². The monoisotopic (exact) mass is 663 g/mol. The maximum Gasteiger partial charge on any atom is 0.337 e. The smallest absolute Gasteiger partial charge is 0.337 e. The largest absolute Gasteiger partial charge is 0.478 e. The molecule has 0 saturated carbocycles. The van der Waals surface area contributed by atoms with Crippen molar-refractivity contribution in [3.63, 3.8) is 0 Å². The molecule has 10 heteroatoms. The summed E-state index contributed by atoms with van der Waals surface area (Å²) in [7, 11) is 0. The molecular formula is C37H30ClN3O5S. The third kappa shape index (κ3) is 8.46. The number of anilines is 2. The maximum atomic E-state index is 13.7. The van der Waals surface area contributed by atoms with Gasteiger partial charge in [-0.25, -0.2) is 4.79 Å². The summed E-state index contributed by atoms with van der Waals surface area (Å²) < 4.78 is 0. The van der Waals surface area contributed by atoms with Crippen LogP contribution in [-0.4, -0.2) is 34.0 Å². The Morgan fingerprint density at radius 2 is 1.51 bits per heavy atom. The first-order valence-electron chi connectivity index (χ1n) is 14.7. The summed E-state index contributed by atoms with van der Waals surface area (Å²) in [5.41, 5.74) is 1.91. The van der Waals surface area contributed by atoms with E-state index >= 15 is 0 Å². The van der Waals surface area contributed by atoms with Crippen LogP contribution in [0.15, 0.2) is 126 Å². The lowest BCUT2D eigenvalue weighted by Gasteiger charge is -2.16. The predicted octanol–water partition coefficient (Wildman–Crippen LogP) is 8.11. The summed E-state index contributed by atoms with van der Waals surface area (Å²) in [5, 5.41) is 19.3. The highest BCUT2D eigenvalue weighted by Crippen LogP contribution is 2.30. The number of amides is 3. The molecule has 5 aromatic rings. The molecular weight excluding hydrogens is 634 g/mol. The SMILES string of the molecule is CCC(Sc1cccc(NC(=O)/C(=C\c2cccc3ccccc23)NC(=O)c2ccccc2)c1)C(=O)Nc1ccc(Cl)c(C(=O)O)c1. The van der Waals surface area contributed by atoms with Gasteiger partial charge < -0.3 is 21.1 Å². The summed E-state index contributed by atoms with van der Waals surface area (Å²) in [4.78, 5) is 52.1. The van der Waals surface area contributed by atoms with Crippen LogP contribution in [0.25, 0.3) is 16.8 Å². The third-order valence-corrected chi connectivity index (χ3v) is 8.84. The molecule has 0 bridgehead atoms. The highest BCUT2D eigenvalue weighted by molar-refractivity contribution is 8.00. The third-order valence-electron chi connectivity index (χ3n) is 7.15. The Morgan fingerprint density at radius 1 is 0.809 bits per heavy atom. The van der Waals surface area contributed by atoms with Gasteiger partial charge >= 0.3 is 5.97 Å². The Kier molecular flexibility index (Phi) is 10.7. The second-order valence-electron chi connectivity index (χ2n) is 10.4. The van der Waals surface area contributed by atoms with Crippen LogP contribution in [0.5, 0.6) is 0 Å². The molecule has 1 unspecified atom stereocenters. The van der Waals surface area contributed by atoms with E-state index in [9.17, 15) is 24.3 Å². The topological polar surface area (TPSA) is 125 Å². The second kappa shape index (κ2) is 15.3. The molecule has 0 aromatic heterocycles. The summed E-state index contributed by atoms with van der Waals surface area (Å²) in [6, 6.07) is 33.5. The number of rotatable bonds is 11. The quantitative estimate of drug-likeness (QED) is 0.0836. The fourth-order valence-corrected chi connectivity index (χ4v) is 6.01. The zero-order chi connectivity index (χ0) is 33.3. The van der Waals surface area contributed by atoms with Crippen molar-refractivity contribution in [2.24, 2.45) is 0 Å². The highest BCUT2D eigenvalue weighted by atomic mass is 35.5. The van der Waals surface area contributed by atoms with Crippen LogP contribution in [0.3, 0.4) is 0 Å². The molecule has 4 N–H and O–H groups in total. The van der Waals surface area contributed by atoms with Gasteiger partial charge in [0.15, 0.2) is 0 Å². The number of hydrogen-bond donors (Lipinski definition) is 4. The molecule has 0 radical (unpaired) electrons. The number of carbonyl (C=O) groups is 4. The summed E-state index contributed by atoms with van der Waals surface area (Å²) in [6.45, 7) is 1.87. The number of fused-ring (bicyclic) bond motifs is 1. The second-order valence-corrected chi connectivity index (χ2v) is 12.1. The minimum absolute atomic E-state index is 0.0581. The number of carboxylic acids is 1. The highest BCUT2D eigenvalue weighted by Gasteiger charge is 2.20. The van der Waals surface area contributed by atoms with Gasteiger partial charge in [0.25, 0.3) is 11.8 Å². The summed E-state index contributed by atoms with van der Waals surface area (Å²) in [6.07, 6.45) is 2.14. The van der Waals surface area contributed by atoms with Gasteiger partial charge in [0.1, 0.15) is 5.70 Å². The summed E-state index contributed by atoms with van der Waals surface area (Å²) >= 11 is 7.26. The van der Waals surface area contributed by atoms with E-state index in [4.69, 9.17) is 11.6 Å². The van der Waals surface area contributed by atoms with E-state index in [1.54, 1.807) is 60.7 Å². The van der Waals surface area contributed by atoms with Crippen LogP contribution in [0, 0.1) is 0 Å². The molecule has 236 valence electrons. The average Bonchev–Trinajstić information content (AvgIpc) is 3.08. The van der Waals surface area contributed by atoms with Gasteiger partial charge in [-0.05, 0) is 77.4 Å². The van der Waals surface area contributed by atoms with Crippen molar-refractivity contribution in [2.45, 2.75) is 23.5 Å². The molecule has 5 aromatic carbocycles. The molecule has 0 heterocycles. The van der Waals surface area contributed by atoms with E-state index in [1.165, 1.54) is 23.9 Å². The zero-order valence-electron chi connectivity index (χ0n) is 25.2. The lowest BCUT2D eigenvalue weighted by atomic mass is 10.0. The molecule has 0 aliphatic heterocycles. The lowest BCUT2D eigenvalue weighted by molar-refractivity contribution is -0.116. The number of aromatic carboxylic acids is 1. The average molecular weight is 664 g/mol. The maximum absolute atomic E-state index is 13.7.